The lowest BCUT2D eigenvalue weighted by atomic mass is 10.1. The molecule has 3 aromatic rings. The van der Waals surface area contributed by atoms with E-state index in [1.54, 1.807) is 0 Å². The van der Waals surface area contributed by atoms with Gasteiger partial charge in [-0.2, -0.15) is 0 Å². The van der Waals surface area contributed by atoms with Crippen LogP contribution in [0.3, 0.4) is 0 Å². The quantitative estimate of drug-likeness (QED) is 0.439. The van der Waals surface area contributed by atoms with Crippen LogP contribution in [0.1, 0.15) is 42.1 Å². The molecule has 0 fully saturated rings. The van der Waals surface area contributed by atoms with E-state index in [1.807, 2.05) is 43.3 Å². The van der Waals surface area contributed by atoms with E-state index < -0.39 is 0 Å². The van der Waals surface area contributed by atoms with Crippen molar-refractivity contribution in [2.45, 2.75) is 40.0 Å². The number of rotatable bonds is 9. The third kappa shape index (κ3) is 5.99. The van der Waals surface area contributed by atoms with Gasteiger partial charge in [0, 0.05) is 23.7 Å². The lowest BCUT2D eigenvalue weighted by Crippen LogP contribution is -2.18. The number of hydrogen-bond acceptors (Lipinski definition) is 3. The lowest BCUT2D eigenvalue weighted by Gasteiger charge is -2.18. The van der Waals surface area contributed by atoms with Crippen LogP contribution in [-0.2, 0) is 13.2 Å². The Hall–Kier alpha value is -2.49. The second kappa shape index (κ2) is 10.3. The Morgan fingerprint density at radius 1 is 0.931 bits per heavy atom. The van der Waals surface area contributed by atoms with Crippen molar-refractivity contribution in [1.29, 1.82) is 0 Å². The SMILES string of the molecule is CCOc1cc(CNC(C)c2ccccc2)c(Cl)cc1OCc1cccc(C)c1. The zero-order chi connectivity index (χ0) is 20.6. The normalized spacial score (nSPS) is 11.9. The molecule has 0 aromatic heterocycles. The topological polar surface area (TPSA) is 30.5 Å². The smallest absolute Gasteiger partial charge is 0.163 e. The number of ether oxygens (including phenoxy) is 2. The Balaban J connectivity index is 1.71. The van der Waals surface area contributed by atoms with E-state index in [1.165, 1.54) is 11.1 Å². The van der Waals surface area contributed by atoms with Gasteiger partial charge in [0.25, 0.3) is 0 Å². The predicted octanol–water partition coefficient (Wildman–Crippen LogP) is 6.48. The molecule has 0 aliphatic rings. The molecule has 152 valence electrons. The van der Waals surface area contributed by atoms with Crippen molar-refractivity contribution in [3.05, 3.63) is 94.0 Å². The minimum Gasteiger partial charge on any atom is -0.490 e. The van der Waals surface area contributed by atoms with E-state index >= 15 is 0 Å². The predicted molar refractivity (Wildman–Crippen MR) is 120 cm³/mol. The first kappa shape index (κ1) is 21.2. The number of halogens is 1. The summed E-state index contributed by atoms with van der Waals surface area (Å²) >= 11 is 6.56. The molecule has 1 atom stereocenters. The van der Waals surface area contributed by atoms with Crippen molar-refractivity contribution in [2.75, 3.05) is 6.61 Å². The fraction of sp³-hybridized carbons (Fsp3) is 0.280. The van der Waals surface area contributed by atoms with Crippen LogP contribution in [0.15, 0.2) is 66.7 Å². The molecule has 3 rings (SSSR count). The van der Waals surface area contributed by atoms with Gasteiger partial charge in [0.1, 0.15) is 6.61 Å². The van der Waals surface area contributed by atoms with Crippen LogP contribution >= 0.6 is 11.6 Å². The summed E-state index contributed by atoms with van der Waals surface area (Å²) in [7, 11) is 0. The van der Waals surface area contributed by atoms with Gasteiger partial charge in [-0.25, -0.2) is 0 Å². The summed E-state index contributed by atoms with van der Waals surface area (Å²) in [6, 6.07) is 22.7. The molecule has 0 spiro atoms. The van der Waals surface area contributed by atoms with Crippen molar-refractivity contribution in [1.82, 2.24) is 5.32 Å². The molecule has 0 amide bonds. The highest BCUT2D eigenvalue weighted by Crippen LogP contribution is 2.34. The Kier molecular flexibility index (Phi) is 7.56. The monoisotopic (exact) mass is 409 g/mol. The summed E-state index contributed by atoms with van der Waals surface area (Å²) in [4.78, 5) is 0. The maximum atomic E-state index is 6.56. The Morgan fingerprint density at radius 2 is 1.69 bits per heavy atom. The summed E-state index contributed by atoms with van der Waals surface area (Å²) in [5.41, 5.74) is 4.56. The number of nitrogens with one attached hydrogen (secondary N) is 1. The molecule has 0 radical (unpaired) electrons. The first-order valence-electron chi connectivity index (χ1n) is 9.98. The second-order valence-corrected chi connectivity index (χ2v) is 7.52. The van der Waals surface area contributed by atoms with E-state index in [0.29, 0.717) is 36.3 Å². The molecule has 3 aromatic carbocycles. The van der Waals surface area contributed by atoms with Crippen LogP contribution in [0.4, 0.5) is 0 Å². The highest BCUT2D eigenvalue weighted by Gasteiger charge is 2.13. The molecule has 0 saturated carbocycles. The highest BCUT2D eigenvalue weighted by atomic mass is 35.5. The molecule has 0 saturated heterocycles. The van der Waals surface area contributed by atoms with Crippen LogP contribution in [0, 0.1) is 6.92 Å². The summed E-state index contributed by atoms with van der Waals surface area (Å²) in [6.07, 6.45) is 0. The van der Waals surface area contributed by atoms with Gasteiger partial charge in [0.2, 0.25) is 0 Å². The molecule has 0 aliphatic carbocycles. The number of benzene rings is 3. The van der Waals surface area contributed by atoms with Gasteiger partial charge >= 0.3 is 0 Å². The van der Waals surface area contributed by atoms with Crippen LogP contribution in [0.2, 0.25) is 5.02 Å². The third-order valence-corrected chi connectivity index (χ3v) is 5.14. The zero-order valence-corrected chi connectivity index (χ0v) is 18.0. The van der Waals surface area contributed by atoms with Crippen molar-refractivity contribution in [2.24, 2.45) is 0 Å². The van der Waals surface area contributed by atoms with Gasteiger partial charge in [0.05, 0.1) is 6.61 Å². The zero-order valence-electron chi connectivity index (χ0n) is 17.2. The van der Waals surface area contributed by atoms with E-state index in [4.69, 9.17) is 21.1 Å². The molecular formula is C25H28ClNO2. The van der Waals surface area contributed by atoms with Gasteiger partial charge in [-0.05, 0) is 43.5 Å². The second-order valence-electron chi connectivity index (χ2n) is 7.11. The highest BCUT2D eigenvalue weighted by molar-refractivity contribution is 6.31. The molecule has 1 unspecified atom stereocenters. The Labute approximate surface area is 178 Å². The van der Waals surface area contributed by atoms with Crippen LogP contribution in [-0.4, -0.2) is 6.61 Å². The summed E-state index contributed by atoms with van der Waals surface area (Å²) < 4.78 is 11.9. The van der Waals surface area contributed by atoms with E-state index in [0.717, 1.165) is 11.1 Å². The van der Waals surface area contributed by atoms with Gasteiger partial charge in [-0.1, -0.05) is 71.8 Å². The van der Waals surface area contributed by atoms with E-state index in [-0.39, 0.29) is 6.04 Å². The molecule has 1 N–H and O–H groups in total. The van der Waals surface area contributed by atoms with E-state index in [2.05, 4.69) is 49.5 Å². The fourth-order valence-electron chi connectivity index (χ4n) is 3.18. The maximum Gasteiger partial charge on any atom is 0.163 e. The summed E-state index contributed by atoms with van der Waals surface area (Å²) in [5.74, 6) is 1.38. The molecule has 4 heteroatoms. The lowest BCUT2D eigenvalue weighted by molar-refractivity contribution is 0.269. The largest absolute Gasteiger partial charge is 0.490 e. The summed E-state index contributed by atoms with van der Waals surface area (Å²) in [5, 5.41) is 4.20. The van der Waals surface area contributed by atoms with Crippen LogP contribution in [0.5, 0.6) is 11.5 Å². The van der Waals surface area contributed by atoms with E-state index in [9.17, 15) is 0 Å². The van der Waals surface area contributed by atoms with Crippen LogP contribution < -0.4 is 14.8 Å². The Morgan fingerprint density at radius 3 is 2.41 bits per heavy atom. The van der Waals surface area contributed by atoms with Crippen molar-refractivity contribution >= 4 is 11.6 Å². The molecular weight excluding hydrogens is 382 g/mol. The van der Waals surface area contributed by atoms with Crippen LogP contribution in [0.25, 0.3) is 0 Å². The van der Waals surface area contributed by atoms with Crippen molar-refractivity contribution < 1.29 is 9.47 Å². The van der Waals surface area contributed by atoms with Gasteiger partial charge < -0.3 is 14.8 Å². The van der Waals surface area contributed by atoms with Crippen molar-refractivity contribution in [3.63, 3.8) is 0 Å². The average Bonchev–Trinajstić information content (AvgIpc) is 2.73. The van der Waals surface area contributed by atoms with Gasteiger partial charge in [-0.15, -0.1) is 0 Å². The standard InChI is InChI=1S/C25H28ClNO2/c1-4-28-24-14-22(16-27-19(3)21-11-6-5-7-12-21)23(26)15-25(24)29-17-20-10-8-9-18(2)13-20/h5-15,19,27H,4,16-17H2,1-3H3. The molecule has 0 bridgehead atoms. The first-order chi connectivity index (χ1) is 14.1. The maximum absolute atomic E-state index is 6.56. The molecule has 0 aliphatic heterocycles. The fourth-order valence-corrected chi connectivity index (χ4v) is 3.40. The minimum atomic E-state index is 0.222. The Bertz CT molecular complexity index is 927. The summed E-state index contributed by atoms with van der Waals surface area (Å²) in [6.45, 7) is 7.87. The molecule has 3 nitrogen and oxygen atoms in total. The van der Waals surface area contributed by atoms with Gasteiger partial charge in [-0.3, -0.25) is 0 Å². The number of aryl methyl sites for hydroxylation is 1. The molecule has 0 heterocycles. The third-order valence-electron chi connectivity index (χ3n) is 4.79. The van der Waals surface area contributed by atoms with Crippen molar-refractivity contribution in [3.8, 4) is 11.5 Å². The first-order valence-corrected chi connectivity index (χ1v) is 10.4. The van der Waals surface area contributed by atoms with Gasteiger partial charge in [0.15, 0.2) is 11.5 Å². The number of hydrogen-bond donors (Lipinski definition) is 1. The average molecular weight is 410 g/mol. The molecule has 29 heavy (non-hydrogen) atoms. The minimum absolute atomic E-state index is 0.222.